The van der Waals surface area contributed by atoms with Crippen LogP contribution in [0.15, 0.2) is 24.3 Å². The van der Waals surface area contributed by atoms with E-state index in [0.717, 1.165) is 44.9 Å². The Hall–Kier alpha value is -1.66. The number of hydrogen-bond acceptors (Lipinski definition) is 5. The number of unbranched alkanes of at least 4 members (excludes halogenated alkanes) is 54. The maximum atomic E-state index is 12.6. The predicted octanol–water partition coefficient (Wildman–Crippen LogP) is 23.7. The monoisotopic (exact) mass is 1130 g/mol. The van der Waals surface area contributed by atoms with Crippen molar-refractivity contribution >= 4 is 11.9 Å². The Bertz CT molecular complexity index is 1250. The molecule has 2 atom stereocenters. The summed E-state index contributed by atoms with van der Waals surface area (Å²) in [4.78, 5) is 24.6. The third-order valence-electron chi connectivity index (χ3n) is 17.2. The number of carbonyl (C=O) groups is 2. The van der Waals surface area contributed by atoms with Crippen molar-refractivity contribution in [3.05, 3.63) is 24.3 Å². The largest absolute Gasteiger partial charge is 0.466 e. The minimum Gasteiger partial charge on any atom is -0.466 e. The molecule has 0 aliphatic rings. The average molecular weight is 1130 g/mol. The van der Waals surface area contributed by atoms with Gasteiger partial charge in [-0.25, -0.2) is 0 Å². The molecular formula is C74H143NO5. The van der Waals surface area contributed by atoms with Crippen LogP contribution in [0, 0.1) is 0 Å². The SMILES string of the molecule is CCCCC/C=C\CCCCCCCC(=O)OCCCCCCCCCCCCCC/C=C\CCCCCCCCCCCCCCC(=O)NC(CO)C(O)CCCCCCCCCCCCCCCCCCCCCCCCC. The van der Waals surface area contributed by atoms with Gasteiger partial charge >= 0.3 is 5.97 Å². The van der Waals surface area contributed by atoms with E-state index in [-0.39, 0.29) is 18.5 Å². The van der Waals surface area contributed by atoms with E-state index < -0.39 is 12.1 Å². The molecule has 0 spiro atoms. The van der Waals surface area contributed by atoms with E-state index in [2.05, 4.69) is 43.5 Å². The normalized spacial score (nSPS) is 12.6. The summed E-state index contributed by atoms with van der Waals surface area (Å²) in [6.45, 7) is 4.97. The van der Waals surface area contributed by atoms with Crippen LogP contribution in [0.1, 0.15) is 412 Å². The molecule has 2 unspecified atom stereocenters. The van der Waals surface area contributed by atoms with Crippen molar-refractivity contribution in [2.75, 3.05) is 13.2 Å². The van der Waals surface area contributed by atoms with Gasteiger partial charge in [0.1, 0.15) is 0 Å². The first kappa shape index (κ1) is 78.3. The molecule has 6 heteroatoms. The fraction of sp³-hybridized carbons (Fsp3) is 0.919. The van der Waals surface area contributed by atoms with Gasteiger partial charge in [-0.15, -0.1) is 0 Å². The number of allylic oxidation sites excluding steroid dienone is 4. The lowest BCUT2D eigenvalue weighted by molar-refractivity contribution is -0.143. The zero-order valence-electron chi connectivity index (χ0n) is 54.3. The summed E-state index contributed by atoms with van der Waals surface area (Å²) in [6.07, 6.45) is 88.1. The van der Waals surface area contributed by atoms with Crippen LogP contribution in [0.3, 0.4) is 0 Å². The number of amides is 1. The van der Waals surface area contributed by atoms with Gasteiger partial charge in [-0.3, -0.25) is 9.59 Å². The van der Waals surface area contributed by atoms with Gasteiger partial charge in [0.2, 0.25) is 5.91 Å². The Kier molecular flexibility index (Phi) is 68.4. The van der Waals surface area contributed by atoms with Gasteiger partial charge < -0.3 is 20.3 Å². The van der Waals surface area contributed by atoms with Crippen molar-refractivity contribution < 1.29 is 24.5 Å². The zero-order chi connectivity index (χ0) is 57.8. The molecule has 0 aliphatic carbocycles. The molecule has 0 fully saturated rings. The van der Waals surface area contributed by atoms with Gasteiger partial charge in [-0.1, -0.05) is 346 Å². The van der Waals surface area contributed by atoms with Crippen molar-refractivity contribution in [3.63, 3.8) is 0 Å². The van der Waals surface area contributed by atoms with Crippen molar-refractivity contribution in [3.8, 4) is 0 Å². The quantitative estimate of drug-likeness (QED) is 0.0320. The highest BCUT2D eigenvalue weighted by Gasteiger charge is 2.20. The number of aliphatic hydroxyl groups excluding tert-OH is 2. The molecule has 0 aliphatic heterocycles. The molecule has 0 heterocycles. The van der Waals surface area contributed by atoms with Gasteiger partial charge in [0.05, 0.1) is 25.4 Å². The second kappa shape index (κ2) is 69.8. The maximum Gasteiger partial charge on any atom is 0.305 e. The Morgan fingerprint density at radius 2 is 0.588 bits per heavy atom. The number of nitrogens with one attached hydrogen (secondary N) is 1. The first-order valence-corrected chi connectivity index (χ1v) is 36.6. The third kappa shape index (κ3) is 65.5. The van der Waals surface area contributed by atoms with Gasteiger partial charge in [-0.2, -0.15) is 0 Å². The number of ether oxygens (including phenoxy) is 1. The van der Waals surface area contributed by atoms with E-state index in [0.29, 0.717) is 25.9 Å². The highest BCUT2D eigenvalue weighted by Crippen LogP contribution is 2.19. The number of aliphatic hydroxyl groups is 2. The summed E-state index contributed by atoms with van der Waals surface area (Å²) >= 11 is 0. The van der Waals surface area contributed by atoms with Gasteiger partial charge in [0, 0.05) is 12.8 Å². The number of carbonyl (C=O) groups excluding carboxylic acids is 2. The van der Waals surface area contributed by atoms with E-state index >= 15 is 0 Å². The molecule has 80 heavy (non-hydrogen) atoms. The molecule has 0 aromatic heterocycles. The van der Waals surface area contributed by atoms with E-state index in [4.69, 9.17) is 4.74 Å². The van der Waals surface area contributed by atoms with Gasteiger partial charge in [0.15, 0.2) is 0 Å². The molecule has 1 amide bonds. The summed E-state index contributed by atoms with van der Waals surface area (Å²) in [5.41, 5.74) is 0. The van der Waals surface area contributed by atoms with E-state index in [9.17, 15) is 19.8 Å². The minimum atomic E-state index is -0.665. The van der Waals surface area contributed by atoms with E-state index in [1.807, 2.05) is 0 Å². The summed E-state index contributed by atoms with van der Waals surface area (Å²) in [5.74, 6) is -0.0235. The molecule has 0 aromatic rings. The minimum absolute atomic E-state index is 0.00648. The summed E-state index contributed by atoms with van der Waals surface area (Å²) in [7, 11) is 0. The molecule has 6 nitrogen and oxygen atoms in total. The molecule has 0 bridgehead atoms. The lowest BCUT2D eigenvalue weighted by Crippen LogP contribution is -2.45. The standard InChI is InChI=1S/C74H143NO5/c1-3-5-7-9-11-13-15-17-18-19-20-21-28-31-34-37-40-43-46-50-54-58-62-66-72(77)71(70-76)75-73(78)67-63-59-55-51-47-44-41-38-35-32-29-26-24-22-23-25-27-30-33-36-39-42-45-49-53-57-61-65-69-80-74(79)68-64-60-56-52-48-16-14-12-10-8-6-4-2/h12,14,22-23,71-72,76-77H,3-11,13,15-21,24-70H2,1-2H3,(H,75,78)/b14-12-,23-22-. The molecule has 3 N–H and O–H groups in total. The van der Waals surface area contributed by atoms with Crippen LogP contribution in [0.4, 0.5) is 0 Å². The summed E-state index contributed by atoms with van der Waals surface area (Å²) in [6, 6.07) is -0.543. The molecule has 0 saturated heterocycles. The van der Waals surface area contributed by atoms with Crippen molar-refractivity contribution in [1.29, 1.82) is 0 Å². The highest BCUT2D eigenvalue weighted by molar-refractivity contribution is 5.76. The zero-order valence-corrected chi connectivity index (χ0v) is 54.3. The van der Waals surface area contributed by atoms with Crippen LogP contribution in [0.5, 0.6) is 0 Å². The molecule has 474 valence electrons. The fourth-order valence-corrected chi connectivity index (χ4v) is 11.6. The highest BCUT2D eigenvalue weighted by atomic mass is 16.5. The van der Waals surface area contributed by atoms with E-state index in [1.165, 1.54) is 334 Å². The Morgan fingerprint density at radius 1 is 0.338 bits per heavy atom. The maximum absolute atomic E-state index is 12.6. The van der Waals surface area contributed by atoms with Crippen LogP contribution >= 0.6 is 0 Å². The third-order valence-corrected chi connectivity index (χ3v) is 17.2. The number of hydrogen-bond donors (Lipinski definition) is 3. The number of rotatable bonds is 69. The summed E-state index contributed by atoms with van der Waals surface area (Å²) < 4.78 is 5.47. The molecule has 0 rings (SSSR count). The summed E-state index contributed by atoms with van der Waals surface area (Å²) in [5, 5.41) is 23.4. The van der Waals surface area contributed by atoms with Crippen LogP contribution < -0.4 is 5.32 Å². The smallest absolute Gasteiger partial charge is 0.305 e. The van der Waals surface area contributed by atoms with Crippen LogP contribution in [-0.2, 0) is 14.3 Å². The van der Waals surface area contributed by atoms with E-state index in [1.54, 1.807) is 0 Å². The second-order valence-corrected chi connectivity index (χ2v) is 25.3. The van der Waals surface area contributed by atoms with Crippen LogP contribution in [0.2, 0.25) is 0 Å². The molecule has 0 radical (unpaired) electrons. The molecule has 0 saturated carbocycles. The predicted molar refractivity (Wildman–Crippen MR) is 352 cm³/mol. The Morgan fingerprint density at radius 3 is 0.912 bits per heavy atom. The average Bonchev–Trinajstić information content (AvgIpc) is 3.46. The van der Waals surface area contributed by atoms with Crippen molar-refractivity contribution in [1.82, 2.24) is 5.32 Å². The number of esters is 1. The first-order valence-electron chi connectivity index (χ1n) is 36.6. The second-order valence-electron chi connectivity index (χ2n) is 25.3. The topological polar surface area (TPSA) is 95.9 Å². The van der Waals surface area contributed by atoms with Crippen LogP contribution in [-0.4, -0.2) is 47.4 Å². The lowest BCUT2D eigenvalue weighted by atomic mass is 10.0. The van der Waals surface area contributed by atoms with Crippen molar-refractivity contribution in [2.24, 2.45) is 0 Å². The fourth-order valence-electron chi connectivity index (χ4n) is 11.6. The molecular weight excluding hydrogens is 983 g/mol. The lowest BCUT2D eigenvalue weighted by Gasteiger charge is -2.22. The Labute approximate surface area is 501 Å². The van der Waals surface area contributed by atoms with Crippen molar-refractivity contribution in [2.45, 2.75) is 424 Å². The van der Waals surface area contributed by atoms with Gasteiger partial charge in [0.25, 0.3) is 0 Å². The van der Waals surface area contributed by atoms with Gasteiger partial charge in [-0.05, 0) is 77.0 Å². The molecule has 0 aromatic carbocycles. The van der Waals surface area contributed by atoms with Crippen LogP contribution in [0.25, 0.3) is 0 Å². The first-order chi connectivity index (χ1) is 39.5. The Balaban J connectivity index is 3.38.